The lowest BCUT2D eigenvalue weighted by atomic mass is 10.2. The van der Waals surface area contributed by atoms with Gasteiger partial charge >= 0.3 is 0 Å². The molecule has 2 nitrogen and oxygen atoms in total. The van der Waals surface area contributed by atoms with Crippen molar-refractivity contribution in [2.75, 3.05) is 6.54 Å². The maximum absolute atomic E-state index is 4.37. The van der Waals surface area contributed by atoms with Gasteiger partial charge in [0.05, 0.1) is 10.2 Å². The molecule has 1 aliphatic heterocycles. The predicted molar refractivity (Wildman–Crippen MR) is 63.1 cm³/mol. The highest BCUT2D eigenvalue weighted by atomic mass is 127. The van der Waals surface area contributed by atoms with Crippen LogP contribution in [0, 0.1) is 0 Å². The molecule has 0 fully saturated rings. The van der Waals surface area contributed by atoms with Gasteiger partial charge in [-0.2, -0.15) is 0 Å². The maximum atomic E-state index is 4.37. The third kappa shape index (κ3) is 2.09. The standard InChI is InChI=1S/C10H9IN2/c11-9-6-7-12-10(13-9)8-4-2-1-3-5-8/h1-6H,7H2,(H,12,13). The first-order valence-electron chi connectivity index (χ1n) is 4.09. The molecule has 3 heteroatoms. The Labute approximate surface area is 90.9 Å². The number of amidine groups is 1. The molecule has 13 heavy (non-hydrogen) atoms. The van der Waals surface area contributed by atoms with E-state index in [1.807, 2.05) is 18.2 Å². The van der Waals surface area contributed by atoms with E-state index in [1.54, 1.807) is 0 Å². The van der Waals surface area contributed by atoms with Crippen LogP contribution in [0.15, 0.2) is 45.1 Å². The van der Waals surface area contributed by atoms with E-state index in [2.05, 4.69) is 51.1 Å². The highest BCUT2D eigenvalue weighted by Crippen LogP contribution is 2.09. The highest BCUT2D eigenvalue weighted by molar-refractivity contribution is 14.1. The molecular weight excluding hydrogens is 275 g/mol. The van der Waals surface area contributed by atoms with Crippen LogP contribution >= 0.6 is 22.6 Å². The molecule has 0 saturated carbocycles. The molecule has 1 aliphatic rings. The molecule has 0 radical (unpaired) electrons. The molecule has 1 aromatic carbocycles. The molecule has 66 valence electrons. The minimum absolute atomic E-state index is 0.773. The normalized spacial score (nSPS) is 15.8. The Morgan fingerprint density at radius 3 is 2.69 bits per heavy atom. The van der Waals surface area contributed by atoms with E-state index >= 15 is 0 Å². The molecule has 1 N–H and O–H groups in total. The van der Waals surface area contributed by atoms with Crippen LogP contribution in [0.2, 0.25) is 0 Å². The molecule has 0 aliphatic carbocycles. The quantitative estimate of drug-likeness (QED) is 0.621. The number of benzene rings is 1. The van der Waals surface area contributed by atoms with Gasteiger partial charge in [-0.15, -0.1) is 0 Å². The Hall–Kier alpha value is -0.840. The zero-order chi connectivity index (χ0) is 9.10. The van der Waals surface area contributed by atoms with Crippen molar-refractivity contribution in [2.45, 2.75) is 0 Å². The van der Waals surface area contributed by atoms with E-state index in [4.69, 9.17) is 0 Å². The molecule has 0 aromatic heterocycles. The van der Waals surface area contributed by atoms with Crippen molar-refractivity contribution in [3.05, 3.63) is 45.7 Å². The zero-order valence-corrected chi connectivity index (χ0v) is 9.15. The van der Waals surface area contributed by atoms with E-state index in [-0.39, 0.29) is 0 Å². The Morgan fingerprint density at radius 1 is 1.23 bits per heavy atom. The first-order valence-corrected chi connectivity index (χ1v) is 5.17. The molecule has 0 bridgehead atoms. The average molecular weight is 284 g/mol. The zero-order valence-electron chi connectivity index (χ0n) is 7.00. The molecule has 0 amide bonds. The summed E-state index contributed by atoms with van der Waals surface area (Å²) in [6.07, 6.45) is 2.06. The summed E-state index contributed by atoms with van der Waals surface area (Å²) in [6, 6.07) is 10.2. The minimum Gasteiger partial charge on any atom is -0.335 e. The summed E-state index contributed by atoms with van der Waals surface area (Å²) < 4.78 is 1.14. The van der Waals surface area contributed by atoms with E-state index in [9.17, 15) is 0 Å². The van der Waals surface area contributed by atoms with Gasteiger partial charge in [0.1, 0.15) is 5.84 Å². The fourth-order valence-corrected chi connectivity index (χ4v) is 1.63. The number of halogens is 1. The van der Waals surface area contributed by atoms with E-state index < -0.39 is 0 Å². The Kier molecular flexibility index (Phi) is 2.63. The Bertz CT molecular complexity index is 354. The number of nitrogens with one attached hydrogen (secondary N) is 1. The van der Waals surface area contributed by atoms with Gasteiger partial charge in [-0.25, -0.2) is 0 Å². The summed E-state index contributed by atoms with van der Waals surface area (Å²) in [6.45, 7) is 0.773. The average Bonchev–Trinajstić information content (AvgIpc) is 2.19. The van der Waals surface area contributed by atoms with Crippen LogP contribution in [0.25, 0.3) is 0 Å². The summed E-state index contributed by atoms with van der Waals surface area (Å²) in [5.74, 6) is 0.965. The highest BCUT2D eigenvalue weighted by Gasteiger charge is 2.05. The number of nitrogens with zero attached hydrogens (tertiary/aromatic N) is 1. The molecule has 0 spiro atoms. The van der Waals surface area contributed by atoms with Crippen molar-refractivity contribution in [3.8, 4) is 0 Å². The van der Waals surface area contributed by atoms with Crippen LogP contribution in [-0.2, 0) is 0 Å². The number of rotatable bonds is 1. The van der Waals surface area contributed by atoms with Gasteiger partial charge in [-0.05, 0) is 28.7 Å². The van der Waals surface area contributed by atoms with Gasteiger partial charge in [0.25, 0.3) is 0 Å². The molecule has 1 heterocycles. The second-order valence-electron chi connectivity index (χ2n) is 2.73. The van der Waals surface area contributed by atoms with Crippen LogP contribution in [0.5, 0.6) is 0 Å². The smallest absolute Gasteiger partial charge is 0.133 e. The van der Waals surface area contributed by atoms with Crippen LogP contribution in [-0.4, -0.2) is 12.4 Å². The summed E-state index contributed by atoms with van der Waals surface area (Å²) >= 11 is 2.27. The van der Waals surface area contributed by atoms with Gasteiger partial charge in [0.2, 0.25) is 0 Å². The second-order valence-corrected chi connectivity index (χ2v) is 3.89. The minimum atomic E-state index is 0.773. The topological polar surface area (TPSA) is 24.4 Å². The van der Waals surface area contributed by atoms with Crippen molar-refractivity contribution >= 4 is 28.4 Å². The number of hydrogen-bond acceptors (Lipinski definition) is 2. The maximum Gasteiger partial charge on any atom is 0.133 e. The Morgan fingerprint density at radius 2 is 2.00 bits per heavy atom. The van der Waals surface area contributed by atoms with Crippen LogP contribution in [0.3, 0.4) is 0 Å². The van der Waals surface area contributed by atoms with Crippen LogP contribution < -0.4 is 5.32 Å². The lowest BCUT2D eigenvalue weighted by molar-refractivity contribution is 1.09. The fraction of sp³-hybridized carbons (Fsp3) is 0.100. The van der Waals surface area contributed by atoms with Crippen LogP contribution in [0.1, 0.15) is 5.56 Å². The number of hydrogen-bond donors (Lipinski definition) is 1. The van der Waals surface area contributed by atoms with Crippen molar-refractivity contribution < 1.29 is 0 Å². The van der Waals surface area contributed by atoms with Gasteiger partial charge in [0, 0.05) is 5.56 Å². The third-order valence-electron chi connectivity index (χ3n) is 1.80. The molecule has 1 aromatic rings. The van der Waals surface area contributed by atoms with E-state index in [0.717, 1.165) is 21.6 Å². The van der Waals surface area contributed by atoms with E-state index in [1.165, 1.54) is 0 Å². The first kappa shape index (κ1) is 8.74. The van der Waals surface area contributed by atoms with Crippen molar-refractivity contribution in [1.82, 2.24) is 5.32 Å². The summed E-state index contributed by atoms with van der Waals surface area (Å²) in [7, 11) is 0. The molecule has 0 saturated heterocycles. The van der Waals surface area contributed by atoms with Crippen LogP contribution in [0.4, 0.5) is 0 Å². The largest absolute Gasteiger partial charge is 0.335 e. The molecule has 0 atom stereocenters. The monoisotopic (exact) mass is 284 g/mol. The first-order chi connectivity index (χ1) is 6.36. The third-order valence-corrected chi connectivity index (χ3v) is 2.52. The van der Waals surface area contributed by atoms with Gasteiger partial charge in [0.15, 0.2) is 0 Å². The van der Waals surface area contributed by atoms with Crippen molar-refractivity contribution in [2.24, 2.45) is 4.99 Å². The van der Waals surface area contributed by atoms with Crippen molar-refractivity contribution in [3.63, 3.8) is 0 Å². The molecular formula is C10H9IN2. The lowest BCUT2D eigenvalue weighted by Crippen LogP contribution is -2.24. The van der Waals surface area contributed by atoms with Crippen molar-refractivity contribution in [1.29, 1.82) is 0 Å². The second kappa shape index (κ2) is 3.91. The lowest BCUT2D eigenvalue weighted by Gasteiger charge is -2.12. The summed E-state index contributed by atoms with van der Waals surface area (Å²) in [5, 5.41) is 3.23. The van der Waals surface area contributed by atoms with Gasteiger partial charge < -0.3 is 5.32 Å². The SMILES string of the molecule is IC1=CCN=C(c2ccccc2)N1. The summed E-state index contributed by atoms with van der Waals surface area (Å²) in [4.78, 5) is 4.37. The predicted octanol–water partition coefficient (Wildman–Crippen LogP) is 2.31. The molecule has 2 rings (SSSR count). The molecule has 0 unspecified atom stereocenters. The van der Waals surface area contributed by atoms with Gasteiger partial charge in [-0.3, -0.25) is 4.99 Å². The Balaban J connectivity index is 2.24. The summed E-state index contributed by atoms with van der Waals surface area (Å²) in [5.41, 5.74) is 1.14. The number of aliphatic imine (C=N–C) groups is 1. The fourth-order valence-electron chi connectivity index (χ4n) is 1.18. The van der Waals surface area contributed by atoms with E-state index in [0.29, 0.717) is 0 Å². The van der Waals surface area contributed by atoms with Gasteiger partial charge in [-0.1, -0.05) is 30.3 Å².